The Kier molecular flexibility index (Phi) is 7.92. The molecule has 3 aromatic rings. The summed E-state index contributed by atoms with van der Waals surface area (Å²) in [6, 6.07) is 20.2. The van der Waals surface area contributed by atoms with E-state index in [1.165, 1.54) is 5.69 Å². The van der Waals surface area contributed by atoms with Gasteiger partial charge in [-0.3, -0.25) is 4.79 Å². The molecule has 1 aliphatic heterocycles. The Morgan fingerprint density at radius 3 is 2.26 bits per heavy atom. The number of nitrogens with zero attached hydrogens (tertiary/aromatic N) is 5. The van der Waals surface area contributed by atoms with Gasteiger partial charge in [0, 0.05) is 38.4 Å². The number of carbonyl (C=O) groups excluding carboxylic acids is 1. The Morgan fingerprint density at radius 1 is 0.941 bits per heavy atom. The van der Waals surface area contributed by atoms with Gasteiger partial charge < -0.3 is 15.1 Å². The Morgan fingerprint density at radius 2 is 1.59 bits per heavy atom. The molecule has 1 aliphatic rings. The van der Waals surface area contributed by atoms with E-state index in [1.54, 1.807) is 0 Å². The molecule has 1 saturated heterocycles. The van der Waals surface area contributed by atoms with Gasteiger partial charge in [0.05, 0.1) is 17.1 Å². The van der Waals surface area contributed by atoms with Crippen molar-refractivity contribution >= 4 is 28.4 Å². The summed E-state index contributed by atoms with van der Waals surface area (Å²) in [5, 5.41) is 12.9. The van der Waals surface area contributed by atoms with Crippen LogP contribution in [0.4, 0.5) is 11.5 Å². The number of hydrogen-bond acceptors (Lipinski definition) is 6. The third-order valence-corrected chi connectivity index (χ3v) is 6.27. The van der Waals surface area contributed by atoms with E-state index < -0.39 is 5.92 Å². The summed E-state index contributed by atoms with van der Waals surface area (Å²) < 4.78 is 0. The maximum atomic E-state index is 13.0. The second-order valence-electron chi connectivity index (χ2n) is 8.64. The molecule has 0 saturated carbocycles. The number of nitrogens with one attached hydrogen (secondary N) is 1. The SMILES string of the molecule is CCCCCCNC(=O)C(C#N)c1nc2ccccc2nc1N1CCN(c2ccccc2)CC1. The zero-order valence-electron chi connectivity index (χ0n) is 19.8. The third-order valence-electron chi connectivity index (χ3n) is 6.27. The lowest BCUT2D eigenvalue weighted by Crippen LogP contribution is -2.47. The fraction of sp³-hybridized carbons (Fsp3) is 0.407. The number of nitriles is 1. The number of rotatable bonds is 9. The molecule has 1 fully saturated rings. The number of amides is 1. The highest BCUT2D eigenvalue weighted by atomic mass is 16.1. The van der Waals surface area contributed by atoms with Crippen molar-refractivity contribution in [2.75, 3.05) is 42.5 Å². The Hall–Kier alpha value is -3.66. The molecule has 4 rings (SSSR count). The number of benzene rings is 2. The van der Waals surface area contributed by atoms with Crippen molar-refractivity contribution in [1.29, 1.82) is 5.26 Å². The van der Waals surface area contributed by atoms with E-state index in [2.05, 4.69) is 40.2 Å². The first-order valence-electron chi connectivity index (χ1n) is 12.2. The van der Waals surface area contributed by atoms with Gasteiger partial charge in [-0.1, -0.05) is 56.5 Å². The second kappa shape index (κ2) is 11.5. The van der Waals surface area contributed by atoms with Crippen LogP contribution in [0.15, 0.2) is 54.6 Å². The van der Waals surface area contributed by atoms with E-state index in [4.69, 9.17) is 9.97 Å². The highest BCUT2D eigenvalue weighted by Gasteiger charge is 2.30. The second-order valence-corrected chi connectivity index (χ2v) is 8.64. The van der Waals surface area contributed by atoms with Crippen molar-refractivity contribution < 1.29 is 4.79 Å². The Balaban J connectivity index is 1.56. The van der Waals surface area contributed by atoms with E-state index >= 15 is 0 Å². The minimum Gasteiger partial charge on any atom is -0.368 e. The molecule has 2 heterocycles. The predicted octanol–water partition coefficient (Wildman–Crippen LogP) is 4.26. The van der Waals surface area contributed by atoms with Crippen molar-refractivity contribution in [3.05, 3.63) is 60.3 Å². The van der Waals surface area contributed by atoms with Crippen molar-refractivity contribution in [3.8, 4) is 6.07 Å². The first kappa shape index (κ1) is 23.5. The summed E-state index contributed by atoms with van der Waals surface area (Å²) >= 11 is 0. The minimum atomic E-state index is -0.995. The fourth-order valence-electron chi connectivity index (χ4n) is 4.36. The number of piperazine rings is 1. The summed E-state index contributed by atoms with van der Waals surface area (Å²) in [6.07, 6.45) is 4.27. The van der Waals surface area contributed by atoms with E-state index in [0.29, 0.717) is 23.6 Å². The zero-order chi connectivity index (χ0) is 23.8. The van der Waals surface area contributed by atoms with Gasteiger partial charge in [0.15, 0.2) is 11.7 Å². The molecule has 34 heavy (non-hydrogen) atoms. The summed E-state index contributed by atoms with van der Waals surface area (Å²) in [5.74, 6) is -0.655. The van der Waals surface area contributed by atoms with Crippen LogP contribution in [0.25, 0.3) is 11.0 Å². The first-order chi connectivity index (χ1) is 16.7. The van der Waals surface area contributed by atoms with E-state index in [1.807, 2.05) is 42.5 Å². The summed E-state index contributed by atoms with van der Waals surface area (Å²) in [5.41, 5.74) is 3.10. The maximum absolute atomic E-state index is 13.0. The number of fused-ring (bicyclic) bond motifs is 1. The molecular formula is C27H32N6O. The largest absolute Gasteiger partial charge is 0.368 e. The van der Waals surface area contributed by atoms with Crippen molar-refractivity contribution in [1.82, 2.24) is 15.3 Å². The van der Waals surface area contributed by atoms with Crippen molar-refractivity contribution in [3.63, 3.8) is 0 Å². The molecule has 0 spiro atoms. The molecule has 7 nitrogen and oxygen atoms in total. The number of anilines is 2. The lowest BCUT2D eigenvalue weighted by molar-refractivity contribution is -0.121. The monoisotopic (exact) mass is 456 g/mol. The highest BCUT2D eigenvalue weighted by Crippen LogP contribution is 2.29. The van der Waals surface area contributed by atoms with Crippen molar-refractivity contribution in [2.45, 2.75) is 38.5 Å². The third kappa shape index (κ3) is 5.45. The Labute approximate surface area is 201 Å². The van der Waals surface area contributed by atoms with Crippen LogP contribution >= 0.6 is 0 Å². The fourth-order valence-corrected chi connectivity index (χ4v) is 4.36. The topological polar surface area (TPSA) is 85.1 Å². The summed E-state index contributed by atoms with van der Waals surface area (Å²) in [6.45, 7) is 5.88. The van der Waals surface area contributed by atoms with Crippen LogP contribution in [0.2, 0.25) is 0 Å². The van der Waals surface area contributed by atoms with Gasteiger partial charge in [0.1, 0.15) is 5.69 Å². The van der Waals surface area contributed by atoms with E-state index in [0.717, 1.165) is 57.4 Å². The molecule has 1 aromatic heterocycles. The number of carbonyl (C=O) groups is 1. The lowest BCUT2D eigenvalue weighted by Gasteiger charge is -2.37. The van der Waals surface area contributed by atoms with Gasteiger partial charge in [-0.2, -0.15) is 5.26 Å². The molecule has 176 valence electrons. The van der Waals surface area contributed by atoms with Crippen molar-refractivity contribution in [2.24, 2.45) is 0 Å². The van der Waals surface area contributed by atoms with Gasteiger partial charge in [-0.25, -0.2) is 9.97 Å². The molecule has 2 aromatic carbocycles. The van der Waals surface area contributed by atoms with Crippen LogP contribution < -0.4 is 15.1 Å². The average molecular weight is 457 g/mol. The average Bonchev–Trinajstić information content (AvgIpc) is 2.89. The van der Waals surface area contributed by atoms with Crippen LogP contribution in [0.1, 0.15) is 44.2 Å². The lowest BCUT2D eigenvalue weighted by atomic mass is 10.0. The molecule has 0 radical (unpaired) electrons. The maximum Gasteiger partial charge on any atom is 0.243 e. The van der Waals surface area contributed by atoms with Crippen LogP contribution in [0, 0.1) is 11.3 Å². The standard InChI is InChI=1S/C27H32N6O/c1-2-3-4-10-15-29-27(34)22(20-28)25-26(31-24-14-9-8-13-23(24)30-25)33-18-16-32(17-19-33)21-11-6-5-7-12-21/h5-9,11-14,22H,2-4,10,15-19H2,1H3,(H,29,34). The molecule has 0 aliphatic carbocycles. The molecule has 1 unspecified atom stereocenters. The van der Waals surface area contributed by atoms with Gasteiger partial charge in [-0.15, -0.1) is 0 Å². The predicted molar refractivity (Wildman–Crippen MR) is 136 cm³/mol. The number of unbranched alkanes of at least 4 members (excludes halogenated alkanes) is 3. The van der Waals surface area contributed by atoms with Crippen LogP contribution in [0.3, 0.4) is 0 Å². The smallest absolute Gasteiger partial charge is 0.243 e. The highest BCUT2D eigenvalue weighted by molar-refractivity contribution is 5.88. The first-order valence-corrected chi connectivity index (χ1v) is 12.2. The van der Waals surface area contributed by atoms with Crippen LogP contribution in [0.5, 0.6) is 0 Å². The number of aromatic nitrogens is 2. The molecular weight excluding hydrogens is 424 g/mol. The van der Waals surface area contributed by atoms with E-state index in [9.17, 15) is 10.1 Å². The van der Waals surface area contributed by atoms with Crippen LogP contribution in [-0.4, -0.2) is 48.6 Å². The molecule has 1 N–H and O–H groups in total. The number of para-hydroxylation sites is 3. The molecule has 1 amide bonds. The molecule has 7 heteroatoms. The normalized spacial score (nSPS) is 14.6. The van der Waals surface area contributed by atoms with Crippen LogP contribution in [-0.2, 0) is 4.79 Å². The minimum absolute atomic E-state index is 0.298. The van der Waals surface area contributed by atoms with Gasteiger partial charge >= 0.3 is 0 Å². The molecule has 1 atom stereocenters. The van der Waals surface area contributed by atoms with Gasteiger partial charge in [-0.05, 0) is 30.7 Å². The number of hydrogen-bond donors (Lipinski definition) is 1. The van der Waals surface area contributed by atoms with Gasteiger partial charge in [0.25, 0.3) is 0 Å². The van der Waals surface area contributed by atoms with E-state index in [-0.39, 0.29) is 5.91 Å². The van der Waals surface area contributed by atoms with Gasteiger partial charge in [0.2, 0.25) is 5.91 Å². The summed E-state index contributed by atoms with van der Waals surface area (Å²) in [4.78, 5) is 27.1. The Bertz CT molecular complexity index is 1130. The zero-order valence-corrected chi connectivity index (χ0v) is 19.8. The quantitative estimate of drug-likeness (QED) is 0.484. The molecule has 0 bridgehead atoms. The summed E-state index contributed by atoms with van der Waals surface area (Å²) in [7, 11) is 0.